The quantitative estimate of drug-likeness (QED) is 0.924. The van der Waals surface area contributed by atoms with Crippen molar-refractivity contribution in [1.82, 2.24) is 4.90 Å². The molecule has 2 unspecified atom stereocenters. The molecule has 21 heavy (non-hydrogen) atoms. The van der Waals surface area contributed by atoms with Crippen molar-refractivity contribution in [3.8, 4) is 11.5 Å². The van der Waals surface area contributed by atoms with Gasteiger partial charge in [0.2, 0.25) is 6.79 Å². The van der Waals surface area contributed by atoms with Gasteiger partial charge in [-0.1, -0.05) is 13.0 Å². The smallest absolute Gasteiger partial charge is 0.307 e. The van der Waals surface area contributed by atoms with Gasteiger partial charge >= 0.3 is 5.97 Å². The van der Waals surface area contributed by atoms with E-state index in [4.69, 9.17) is 9.47 Å². The van der Waals surface area contributed by atoms with Crippen molar-refractivity contribution in [3.63, 3.8) is 0 Å². The SMILES string of the molecule is CCC(c1ccc2c(c1)OCO2)N1CCCC(C(=O)O)C1. The Morgan fingerprint density at radius 1 is 1.43 bits per heavy atom. The number of hydrogen-bond donors (Lipinski definition) is 1. The second kappa shape index (κ2) is 5.93. The first-order valence-electron chi connectivity index (χ1n) is 7.55. The minimum absolute atomic E-state index is 0.238. The Morgan fingerprint density at radius 2 is 2.24 bits per heavy atom. The summed E-state index contributed by atoms with van der Waals surface area (Å²) >= 11 is 0. The Labute approximate surface area is 124 Å². The summed E-state index contributed by atoms with van der Waals surface area (Å²) in [5, 5.41) is 9.24. The first kappa shape index (κ1) is 14.2. The fraction of sp³-hybridized carbons (Fsp3) is 0.562. The maximum absolute atomic E-state index is 11.2. The molecule has 5 nitrogen and oxygen atoms in total. The molecule has 0 spiro atoms. The van der Waals surface area contributed by atoms with Crippen LogP contribution in [0.5, 0.6) is 11.5 Å². The van der Waals surface area contributed by atoms with Crippen LogP contribution in [-0.2, 0) is 4.79 Å². The van der Waals surface area contributed by atoms with Gasteiger partial charge in [0.05, 0.1) is 5.92 Å². The molecule has 0 aromatic heterocycles. The molecule has 1 N–H and O–H groups in total. The summed E-state index contributed by atoms with van der Waals surface area (Å²) in [6.45, 7) is 4.00. The standard InChI is InChI=1S/C16H21NO4/c1-2-13(17-7-3-4-12(9-17)16(18)19)11-5-6-14-15(8-11)21-10-20-14/h5-6,8,12-13H,2-4,7,9-10H2,1H3,(H,18,19). The van der Waals surface area contributed by atoms with Crippen molar-refractivity contribution in [2.45, 2.75) is 32.2 Å². The first-order chi connectivity index (χ1) is 10.2. The fourth-order valence-corrected chi connectivity index (χ4v) is 3.32. The molecule has 2 aliphatic rings. The van der Waals surface area contributed by atoms with E-state index < -0.39 is 5.97 Å². The lowest BCUT2D eigenvalue weighted by molar-refractivity contribution is -0.144. The summed E-state index contributed by atoms with van der Waals surface area (Å²) in [5.41, 5.74) is 1.17. The van der Waals surface area contributed by atoms with Crippen molar-refractivity contribution in [2.75, 3.05) is 19.9 Å². The Kier molecular flexibility index (Phi) is 4.01. The largest absolute Gasteiger partial charge is 0.481 e. The summed E-state index contributed by atoms with van der Waals surface area (Å²) in [7, 11) is 0. The number of likely N-dealkylation sites (tertiary alicyclic amines) is 1. The Hall–Kier alpha value is -1.75. The molecule has 0 bridgehead atoms. The van der Waals surface area contributed by atoms with E-state index in [-0.39, 0.29) is 18.8 Å². The van der Waals surface area contributed by atoms with Gasteiger partial charge in [-0.3, -0.25) is 9.69 Å². The molecule has 2 heterocycles. The number of aliphatic carboxylic acids is 1. The van der Waals surface area contributed by atoms with E-state index in [1.54, 1.807) is 0 Å². The molecule has 2 atom stereocenters. The minimum Gasteiger partial charge on any atom is -0.481 e. The summed E-state index contributed by atoms with van der Waals surface area (Å²) in [6.07, 6.45) is 2.67. The third-order valence-electron chi connectivity index (χ3n) is 4.41. The molecule has 1 saturated heterocycles. The van der Waals surface area contributed by atoms with Gasteiger partial charge in [0.25, 0.3) is 0 Å². The van der Waals surface area contributed by atoms with Gasteiger partial charge in [0, 0.05) is 12.6 Å². The van der Waals surface area contributed by atoms with E-state index in [0.29, 0.717) is 6.54 Å². The molecule has 0 radical (unpaired) electrons. The number of nitrogens with zero attached hydrogens (tertiary/aromatic N) is 1. The lowest BCUT2D eigenvalue weighted by Crippen LogP contribution is -2.40. The third kappa shape index (κ3) is 2.83. The van der Waals surface area contributed by atoms with Gasteiger partial charge in [-0.15, -0.1) is 0 Å². The van der Waals surface area contributed by atoms with Crippen molar-refractivity contribution < 1.29 is 19.4 Å². The molecular formula is C16H21NO4. The number of rotatable bonds is 4. The van der Waals surface area contributed by atoms with Crippen LogP contribution < -0.4 is 9.47 Å². The van der Waals surface area contributed by atoms with Crippen LogP contribution in [-0.4, -0.2) is 35.9 Å². The Bertz CT molecular complexity index is 531. The van der Waals surface area contributed by atoms with Crippen LogP contribution in [0, 0.1) is 5.92 Å². The van der Waals surface area contributed by atoms with Crippen LogP contribution in [0.3, 0.4) is 0 Å². The maximum atomic E-state index is 11.2. The number of fused-ring (bicyclic) bond motifs is 1. The van der Waals surface area contributed by atoms with Crippen molar-refractivity contribution in [3.05, 3.63) is 23.8 Å². The number of piperidine rings is 1. The van der Waals surface area contributed by atoms with E-state index in [9.17, 15) is 9.90 Å². The molecule has 5 heteroatoms. The first-order valence-corrected chi connectivity index (χ1v) is 7.55. The number of ether oxygens (including phenoxy) is 2. The lowest BCUT2D eigenvalue weighted by atomic mass is 9.94. The highest BCUT2D eigenvalue weighted by atomic mass is 16.7. The monoisotopic (exact) mass is 291 g/mol. The predicted octanol–water partition coefficient (Wildman–Crippen LogP) is 2.66. The molecular weight excluding hydrogens is 270 g/mol. The van der Waals surface area contributed by atoms with Crippen LogP contribution in [0.15, 0.2) is 18.2 Å². The van der Waals surface area contributed by atoms with E-state index in [2.05, 4.69) is 17.9 Å². The number of carbonyl (C=O) groups is 1. The van der Waals surface area contributed by atoms with Gasteiger partial charge in [-0.25, -0.2) is 0 Å². The molecule has 1 aromatic carbocycles. The molecule has 1 fully saturated rings. The molecule has 0 saturated carbocycles. The third-order valence-corrected chi connectivity index (χ3v) is 4.41. The van der Waals surface area contributed by atoms with Crippen molar-refractivity contribution in [2.24, 2.45) is 5.92 Å². The lowest BCUT2D eigenvalue weighted by Gasteiger charge is -2.37. The van der Waals surface area contributed by atoms with Crippen LogP contribution in [0.2, 0.25) is 0 Å². The van der Waals surface area contributed by atoms with Crippen molar-refractivity contribution in [1.29, 1.82) is 0 Å². The Balaban J connectivity index is 1.79. The van der Waals surface area contributed by atoms with E-state index in [0.717, 1.165) is 37.3 Å². The zero-order valence-corrected chi connectivity index (χ0v) is 12.2. The van der Waals surface area contributed by atoms with Crippen LogP contribution in [0.1, 0.15) is 37.8 Å². The van der Waals surface area contributed by atoms with Crippen LogP contribution in [0.25, 0.3) is 0 Å². The summed E-state index contributed by atoms with van der Waals surface area (Å²) in [4.78, 5) is 13.5. The van der Waals surface area contributed by atoms with Gasteiger partial charge in [-0.2, -0.15) is 0 Å². The van der Waals surface area contributed by atoms with Gasteiger partial charge in [-0.05, 0) is 43.5 Å². The van der Waals surface area contributed by atoms with Gasteiger partial charge in [0.15, 0.2) is 11.5 Å². The van der Waals surface area contributed by atoms with Crippen LogP contribution in [0.4, 0.5) is 0 Å². The topological polar surface area (TPSA) is 59.0 Å². The zero-order valence-electron chi connectivity index (χ0n) is 12.2. The average molecular weight is 291 g/mol. The molecule has 114 valence electrons. The molecule has 1 aromatic rings. The normalized spacial score (nSPS) is 23.0. The van der Waals surface area contributed by atoms with Crippen molar-refractivity contribution >= 4 is 5.97 Å². The van der Waals surface area contributed by atoms with E-state index in [1.165, 1.54) is 5.56 Å². The number of carboxylic acids is 1. The highest BCUT2D eigenvalue weighted by molar-refractivity contribution is 5.70. The summed E-state index contributed by atoms with van der Waals surface area (Å²) in [5.74, 6) is 0.649. The van der Waals surface area contributed by atoms with E-state index in [1.807, 2.05) is 12.1 Å². The molecule has 0 aliphatic carbocycles. The van der Waals surface area contributed by atoms with Crippen LogP contribution >= 0.6 is 0 Å². The Morgan fingerprint density at radius 3 is 3.00 bits per heavy atom. The minimum atomic E-state index is -0.680. The molecule has 3 rings (SSSR count). The second-order valence-corrected chi connectivity index (χ2v) is 5.71. The highest BCUT2D eigenvalue weighted by Crippen LogP contribution is 2.37. The average Bonchev–Trinajstić information content (AvgIpc) is 2.96. The summed E-state index contributed by atoms with van der Waals surface area (Å²) in [6, 6.07) is 6.27. The zero-order chi connectivity index (χ0) is 14.8. The predicted molar refractivity (Wildman–Crippen MR) is 77.5 cm³/mol. The van der Waals surface area contributed by atoms with E-state index >= 15 is 0 Å². The second-order valence-electron chi connectivity index (χ2n) is 5.71. The number of hydrogen-bond acceptors (Lipinski definition) is 4. The summed E-state index contributed by atoms with van der Waals surface area (Å²) < 4.78 is 10.8. The van der Waals surface area contributed by atoms with Gasteiger partial charge < -0.3 is 14.6 Å². The highest BCUT2D eigenvalue weighted by Gasteiger charge is 2.30. The van der Waals surface area contributed by atoms with Gasteiger partial charge in [0.1, 0.15) is 0 Å². The maximum Gasteiger partial charge on any atom is 0.307 e. The molecule has 2 aliphatic heterocycles. The number of benzene rings is 1. The fourth-order valence-electron chi connectivity index (χ4n) is 3.32. The molecule has 0 amide bonds. The number of carboxylic acid groups (broad SMARTS) is 1.